The minimum absolute atomic E-state index is 0.0713. The SMILES string of the molecule is C[C@H](Oc1cc(-c2cnsc2)nc(C(=O)C2=C(N)[C@@]3(CCC2)CCCc2sc(N)c(C#N)c23)n1)[C@@H]1CCCN1C. The van der Waals surface area contributed by atoms with Crippen molar-refractivity contribution in [3.05, 3.63) is 50.7 Å². The number of nitriles is 1. The summed E-state index contributed by atoms with van der Waals surface area (Å²) in [5.74, 6) is 0.155. The van der Waals surface area contributed by atoms with Gasteiger partial charge in [0, 0.05) is 44.6 Å². The Morgan fingerprint density at radius 3 is 2.75 bits per heavy atom. The van der Waals surface area contributed by atoms with Gasteiger partial charge in [0.25, 0.3) is 0 Å². The number of ketones is 1. The maximum Gasteiger partial charge on any atom is 0.228 e. The molecule has 0 aromatic carbocycles. The average Bonchev–Trinajstić information content (AvgIpc) is 3.70. The van der Waals surface area contributed by atoms with E-state index in [0.29, 0.717) is 39.8 Å². The van der Waals surface area contributed by atoms with E-state index in [1.807, 2.05) is 12.3 Å². The molecule has 3 aliphatic rings. The number of Topliss-reactive ketones (excluding diaryl/α,β-unsaturated/α-hetero) is 1. The zero-order valence-corrected chi connectivity index (χ0v) is 24.4. The molecule has 3 aromatic rings. The van der Waals surface area contributed by atoms with E-state index >= 15 is 0 Å². The molecule has 1 saturated heterocycles. The van der Waals surface area contributed by atoms with Gasteiger partial charge in [-0.15, -0.1) is 11.3 Å². The van der Waals surface area contributed by atoms with Crippen LogP contribution in [0.3, 0.4) is 0 Å². The van der Waals surface area contributed by atoms with Crippen LogP contribution in [0, 0.1) is 11.3 Å². The van der Waals surface area contributed by atoms with Crippen molar-refractivity contribution in [2.24, 2.45) is 5.73 Å². The summed E-state index contributed by atoms with van der Waals surface area (Å²) in [6, 6.07) is 4.39. The van der Waals surface area contributed by atoms with Gasteiger partial charge < -0.3 is 16.2 Å². The first-order chi connectivity index (χ1) is 19.3. The predicted octanol–water partition coefficient (Wildman–Crippen LogP) is 4.83. The topological polar surface area (TPSA) is 144 Å². The van der Waals surface area contributed by atoms with Crippen molar-refractivity contribution in [2.75, 3.05) is 19.3 Å². The third kappa shape index (κ3) is 4.48. The van der Waals surface area contributed by atoms with Gasteiger partial charge in [-0.05, 0) is 89.0 Å². The Kier molecular flexibility index (Phi) is 7.10. The lowest BCUT2D eigenvalue weighted by Crippen LogP contribution is -2.41. The Morgan fingerprint density at radius 1 is 1.25 bits per heavy atom. The van der Waals surface area contributed by atoms with Crippen LogP contribution in [0.1, 0.15) is 78.5 Å². The van der Waals surface area contributed by atoms with Gasteiger partial charge in [0.05, 0.1) is 17.5 Å². The number of hydrogen-bond donors (Lipinski definition) is 2. The number of thiophene rings is 1. The molecule has 0 bridgehead atoms. The zero-order chi connectivity index (χ0) is 28.0. The molecule has 2 aliphatic carbocycles. The summed E-state index contributed by atoms with van der Waals surface area (Å²) < 4.78 is 10.6. The van der Waals surface area contributed by atoms with Gasteiger partial charge in [0.2, 0.25) is 17.5 Å². The van der Waals surface area contributed by atoms with Crippen LogP contribution in [0.5, 0.6) is 5.88 Å². The Labute approximate surface area is 242 Å². The fraction of sp³-hybridized carbons (Fsp3) is 0.483. The highest BCUT2D eigenvalue weighted by atomic mass is 32.1. The van der Waals surface area contributed by atoms with Crippen LogP contribution in [0.25, 0.3) is 11.3 Å². The number of carbonyl (C=O) groups excluding carboxylic acids is 1. The molecule has 0 radical (unpaired) electrons. The summed E-state index contributed by atoms with van der Waals surface area (Å²) in [6.07, 6.45) is 8.52. The van der Waals surface area contributed by atoms with Gasteiger partial charge in [-0.25, -0.2) is 9.36 Å². The number of likely N-dealkylation sites (N-methyl/N-ethyl adjacent to an activating group) is 1. The number of nitrogens with two attached hydrogens (primary N) is 2. The lowest BCUT2D eigenvalue weighted by molar-refractivity contribution is 0.0999. The number of aryl methyl sites for hydroxylation is 1. The van der Waals surface area contributed by atoms with E-state index < -0.39 is 5.41 Å². The summed E-state index contributed by atoms with van der Waals surface area (Å²) >= 11 is 2.80. The van der Waals surface area contributed by atoms with Crippen LogP contribution in [0.15, 0.2) is 28.9 Å². The van der Waals surface area contributed by atoms with E-state index in [9.17, 15) is 10.1 Å². The molecule has 0 unspecified atom stereocenters. The Morgan fingerprint density at radius 2 is 2.05 bits per heavy atom. The van der Waals surface area contributed by atoms with Crippen LogP contribution in [-0.2, 0) is 11.8 Å². The molecule has 3 aromatic heterocycles. The van der Waals surface area contributed by atoms with Crippen LogP contribution < -0.4 is 16.2 Å². The summed E-state index contributed by atoms with van der Waals surface area (Å²) in [7, 11) is 2.11. The molecule has 1 spiro atoms. The molecule has 40 heavy (non-hydrogen) atoms. The summed E-state index contributed by atoms with van der Waals surface area (Å²) in [5, 5.41) is 12.4. The molecule has 0 saturated carbocycles. The van der Waals surface area contributed by atoms with Gasteiger partial charge in [0.1, 0.15) is 17.2 Å². The number of allylic oxidation sites excluding steroid dienone is 2. The highest BCUT2D eigenvalue weighted by molar-refractivity contribution is 7.16. The number of ether oxygens (including phenoxy) is 1. The normalized spacial score (nSPS) is 23.7. The summed E-state index contributed by atoms with van der Waals surface area (Å²) in [4.78, 5) is 26.9. The minimum atomic E-state index is -0.564. The molecule has 1 fully saturated rings. The second-order valence-electron chi connectivity index (χ2n) is 11.1. The first-order valence-electron chi connectivity index (χ1n) is 13.8. The van der Waals surface area contributed by atoms with Crippen molar-refractivity contribution >= 4 is 33.7 Å². The van der Waals surface area contributed by atoms with E-state index in [4.69, 9.17) is 16.2 Å². The van der Waals surface area contributed by atoms with Gasteiger partial charge in [-0.2, -0.15) is 10.2 Å². The minimum Gasteiger partial charge on any atom is -0.473 e. The van der Waals surface area contributed by atoms with E-state index in [0.717, 1.165) is 67.5 Å². The fourth-order valence-corrected chi connectivity index (χ4v) is 8.54. The third-order valence-corrected chi connectivity index (χ3v) is 10.5. The molecule has 11 heteroatoms. The van der Waals surface area contributed by atoms with Gasteiger partial charge in [-0.3, -0.25) is 9.69 Å². The number of likely N-dealkylation sites (tertiary alicyclic amines) is 1. The monoisotopic (exact) mass is 575 g/mol. The molecule has 0 amide bonds. The summed E-state index contributed by atoms with van der Waals surface area (Å²) in [6.45, 7) is 3.09. The van der Waals surface area contributed by atoms with E-state index in [-0.39, 0.29) is 23.8 Å². The molecule has 4 heterocycles. The molecule has 6 rings (SSSR count). The van der Waals surface area contributed by atoms with Crippen molar-refractivity contribution in [3.8, 4) is 23.2 Å². The van der Waals surface area contributed by atoms with Crippen molar-refractivity contribution in [1.82, 2.24) is 19.2 Å². The zero-order valence-electron chi connectivity index (χ0n) is 22.8. The maximum atomic E-state index is 14.1. The molecule has 4 N–H and O–H groups in total. The number of anilines is 1. The standard InChI is InChI=1S/C29H33N7O2S2/c1-16(21-7-5-11-36(21)2)38-23-12-20(17-14-33-39-15-17)34-28(35-23)25(37)18-6-3-9-29(26(18)31)10-4-8-22-24(29)19(13-30)27(32)40-22/h12,14-16,21H,3-11,31-32H2,1-2H3/t16-,21-,29-/m0/s1. The van der Waals surface area contributed by atoms with Gasteiger partial charge in [0.15, 0.2) is 0 Å². The number of nitrogens with zero attached hydrogens (tertiary/aromatic N) is 5. The second kappa shape index (κ2) is 10.6. The Balaban J connectivity index is 1.41. The highest BCUT2D eigenvalue weighted by Gasteiger charge is 2.46. The van der Waals surface area contributed by atoms with Gasteiger partial charge in [-0.1, -0.05) is 0 Å². The van der Waals surface area contributed by atoms with Crippen molar-refractivity contribution in [3.63, 3.8) is 0 Å². The number of carbonyl (C=O) groups is 1. The third-order valence-electron chi connectivity index (χ3n) is 8.81. The number of fused-ring (bicyclic) bond motifs is 2. The van der Waals surface area contributed by atoms with E-state index in [2.05, 4.69) is 32.4 Å². The van der Waals surface area contributed by atoms with E-state index in [1.165, 1.54) is 22.9 Å². The number of nitrogen functional groups attached to an aromatic ring is 1. The van der Waals surface area contributed by atoms with Crippen LogP contribution in [0.4, 0.5) is 5.00 Å². The summed E-state index contributed by atoms with van der Waals surface area (Å²) in [5.41, 5.74) is 16.5. The number of rotatable bonds is 6. The van der Waals surface area contributed by atoms with Crippen LogP contribution >= 0.6 is 22.9 Å². The first-order valence-corrected chi connectivity index (χ1v) is 15.5. The first kappa shape index (κ1) is 26.9. The Bertz CT molecular complexity index is 1520. The number of hydrogen-bond acceptors (Lipinski definition) is 11. The average molecular weight is 576 g/mol. The molecule has 9 nitrogen and oxygen atoms in total. The van der Waals surface area contributed by atoms with Gasteiger partial charge >= 0.3 is 0 Å². The lowest BCUT2D eigenvalue weighted by Gasteiger charge is -2.42. The molecule has 208 valence electrons. The van der Waals surface area contributed by atoms with Crippen LogP contribution in [0.2, 0.25) is 0 Å². The second-order valence-corrected chi connectivity index (χ2v) is 12.9. The van der Waals surface area contributed by atoms with Crippen molar-refractivity contribution in [2.45, 2.75) is 75.9 Å². The smallest absolute Gasteiger partial charge is 0.228 e. The van der Waals surface area contributed by atoms with Crippen molar-refractivity contribution < 1.29 is 9.53 Å². The highest BCUT2D eigenvalue weighted by Crippen LogP contribution is 2.53. The largest absolute Gasteiger partial charge is 0.473 e. The Hall–Kier alpha value is -3.33. The molecule has 3 atom stereocenters. The molecule has 1 aliphatic heterocycles. The van der Waals surface area contributed by atoms with Crippen molar-refractivity contribution in [1.29, 1.82) is 5.26 Å². The van der Waals surface area contributed by atoms with Crippen LogP contribution in [-0.4, -0.2) is 50.8 Å². The number of aromatic nitrogens is 3. The lowest BCUT2D eigenvalue weighted by atomic mass is 9.62. The molecular weight excluding hydrogens is 543 g/mol. The fourth-order valence-electron chi connectivity index (χ4n) is 6.85. The van der Waals surface area contributed by atoms with E-state index in [1.54, 1.807) is 12.3 Å². The maximum absolute atomic E-state index is 14.1. The predicted molar refractivity (Wildman–Crippen MR) is 156 cm³/mol. The molecular formula is C29H33N7O2S2. The quantitative estimate of drug-likeness (QED) is 0.395.